The summed E-state index contributed by atoms with van der Waals surface area (Å²) >= 11 is 0. The highest BCUT2D eigenvalue weighted by Gasteiger charge is 2.29. The maximum Gasteiger partial charge on any atom is 0.291 e. The van der Waals surface area contributed by atoms with Crippen LogP contribution in [-0.2, 0) is 14.8 Å². The quantitative estimate of drug-likeness (QED) is 0.703. The second-order valence-electron chi connectivity index (χ2n) is 6.72. The Kier molecular flexibility index (Phi) is 5.01. The lowest BCUT2D eigenvalue weighted by atomic mass is 10.2. The van der Waals surface area contributed by atoms with Crippen molar-refractivity contribution in [3.05, 3.63) is 59.6 Å². The van der Waals surface area contributed by atoms with E-state index in [4.69, 9.17) is 9.15 Å². The minimum Gasteiger partial charge on any atom is -0.449 e. The monoisotopic (exact) mass is 418 g/mol. The molecular weight excluding hydrogens is 399 g/mol. The van der Waals surface area contributed by atoms with Crippen LogP contribution in [0.1, 0.15) is 16.1 Å². The summed E-state index contributed by atoms with van der Waals surface area (Å²) in [5.74, 6) is -1.03. The van der Waals surface area contributed by atoms with Gasteiger partial charge >= 0.3 is 0 Å². The van der Waals surface area contributed by atoms with Crippen molar-refractivity contribution in [2.45, 2.75) is 11.8 Å². The molecule has 2 aromatic carbocycles. The van der Waals surface area contributed by atoms with Crippen molar-refractivity contribution in [3.63, 3.8) is 0 Å². The van der Waals surface area contributed by atoms with Crippen LogP contribution in [0.25, 0.3) is 11.0 Å². The van der Waals surface area contributed by atoms with Crippen LogP contribution < -0.4 is 4.72 Å². The van der Waals surface area contributed by atoms with E-state index < -0.39 is 21.7 Å². The average Bonchev–Trinajstić information content (AvgIpc) is 3.05. The van der Waals surface area contributed by atoms with E-state index in [9.17, 15) is 17.6 Å². The lowest BCUT2D eigenvalue weighted by molar-refractivity contribution is 0.0285. The van der Waals surface area contributed by atoms with Crippen molar-refractivity contribution in [1.82, 2.24) is 4.90 Å². The number of para-hydroxylation sites is 1. The van der Waals surface area contributed by atoms with Crippen LogP contribution in [-0.4, -0.2) is 45.5 Å². The molecule has 152 valence electrons. The Morgan fingerprint density at radius 3 is 2.59 bits per heavy atom. The molecule has 0 saturated carbocycles. The fraction of sp³-hybridized carbons (Fsp3) is 0.250. The second-order valence-corrected chi connectivity index (χ2v) is 8.37. The number of furan rings is 1. The molecule has 4 rings (SSSR count). The summed E-state index contributed by atoms with van der Waals surface area (Å²) in [6.45, 7) is 3.09. The molecule has 1 saturated heterocycles. The Morgan fingerprint density at radius 2 is 1.86 bits per heavy atom. The summed E-state index contributed by atoms with van der Waals surface area (Å²) in [5.41, 5.74) is 0.713. The van der Waals surface area contributed by atoms with Gasteiger partial charge < -0.3 is 14.1 Å². The van der Waals surface area contributed by atoms with Crippen LogP contribution in [0.5, 0.6) is 0 Å². The number of hydrogen-bond acceptors (Lipinski definition) is 5. The van der Waals surface area contributed by atoms with Gasteiger partial charge in [0.1, 0.15) is 17.1 Å². The van der Waals surface area contributed by atoms with E-state index in [-0.39, 0.29) is 21.9 Å². The van der Waals surface area contributed by atoms with E-state index in [2.05, 4.69) is 4.72 Å². The molecule has 0 aliphatic carbocycles. The first kappa shape index (κ1) is 19.4. The van der Waals surface area contributed by atoms with Gasteiger partial charge in [-0.05, 0) is 42.8 Å². The van der Waals surface area contributed by atoms with Gasteiger partial charge in [0.25, 0.3) is 15.9 Å². The third-order valence-electron chi connectivity index (χ3n) is 4.75. The van der Waals surface area contributed by atoms with E-state index >= 15 is 0 Å². The number of amides is 1. The molecule has 2 heterocycles. The van der Waals surface area contributed by atoms with Crippen LogP contribution in [0, 0.1) is 12.7 Å². The lowest BCUT2D eigenvalue weighted by Crippen LogP contribution is -2.40. The number of anilines is 1. The Balaban J connectivity index is 1.79. The Labute approximate surface area is 167 Å². The molecule has 1 N–H and O–H groups in total. The van der Waals surface area contributed by atoms with Crippen LogP contribution in [0.15, 0.2) is 51.8 Å². The van der Waals surface area contributed by atoms with Crippen LogP contribution in [0.3, 0.4) is 0 Å². The molecule has 1 fully saturated rings. The molecule has 7 nitrogen and oxygen atoms in total. The van der Waals surface area contributed by atoms with Gasteiger partial charge in [0.2, 0.25) is 5.76 Å². The molecule has 0 bridgehead atoms. The van der Waals surface area contributed by atoms with Gasteiger partial charge in [0.05, 0.1) is 18.1 Å². The van der Waals surface area contributed by atoms with E-state index in [0.717, 1.165) is 12.1 Å². The number of benzene rings is 2. The van der Waals surface area contributed by atoms with E-state index in [1.54, 1.807) is 29.2 Å². The molecule has 0 atom stereocenters. The van der Waals surface area contributed by atoms with Crippen LogP contribution in [0.2, 0.25) is 0 Å². The fourth-order valence-corrected chi connectivity index (χ4v) is 4.62. The van der Waals surface area contributed by atoms with Crippen molar-refractivity contribution in [3.8, 4) is 0 Å². The average molecular weight is 418 g/mol. The maximum atomic E-state index is 13.4. The van der Waals surface area contributed by atoms with Crippen molar-refractivity contribution < 1.29 is 26.8 Å². The van der Waals surface area contributed by atoms with Crippen molar-refractivity contribution in [2.24, 2.45) is 0 Å². The standard InChI is InChI=1S/C20H19FN2O5S/c1-13-12-14(21)6-7-17(13)29(25,26)22-18-15-4-2-3-5-16(15)28-19(18)20(24)23-8-10-27-11-9-23/h2-7,12,22H,8-11H2,1H3. The number of hydrogen-bond donors (Lipinski definition) is 1. The molecule has 1 aromatic heterocycles. The van der Waals surface area contributed by atoms with Crippen LogP contribution in [0.4, 0.5) is 10.1 Å². The molecular formula is C20H19FN2O5S. The number of morpholine rings is 1. The zero-order valence-corrected chi connectivity index (χ0v) is 16.5. The number of fused-ring (bicyclic) bond motifs is 1. The van der Waals surface area contributed by atoms with Gasteiger partial charge in [-0.2, -0.15) is 0 Å². The topological polar surface area (TPSA) is 88.9 Å². The minimum absolute atomic E-state index is 0.0702. The van der Waals surface area contributed by atoms with Gasteiger partial charge in [-0.3, -0.25) is 9.52 Å². The van der Waals surface area contributed by atoms with Gasteiger partial charge in [-0.1, -0.05) is 12.1 Å². The number of carbonyl (C=O) groups excluding carboxylic acids is 1. The number of carbonyl (C=O) groups is 1. The molecule has 1 amide bonds. The maximum absolute atomic E-state index is 13.4. The van der Waals surface area contributed by atoms with Crippen molar-refractivity contribution in [2.75, 3.05) is 31.0 Å². The molecule has 1 aliphatic rings. The molecule has 0 radical (unpaired) electrons. The number of nitrogens with one attached hydrogen (secondary N) is 1. The Hall–Kier alpha value is -2.91. The summed E-state index contributed by atoms with van der Waals surface area (Å²) in [6.07, 6.45) is 0. The molecule has 29 heavy (non-hydrogen) atoms. The highest BCUT2D eigenvalue weighted by atomic mass is 32.2. The highest BCUT2D eigenvalue weighted by Crippen LogP contribution is 2.34. The molecule has 3 aromatic rings. The van der Waals surface area contributed by atoms with E-state index in [1.165, 1.54) is 13.0 Å². The predicted molar refractivity (Wildman–Crippen MR) is 105 cm³/mol. The van der Waals surface area contributed by atoms with E-state index in [1.807, 2.05) is 0 Å². The third-order valence-corrected chi connectivity index (χ3v) is 6.26. The SMILES string of the molecule is Cc1cc(F)ccc1S(=O)(=O)Nc1c(C(=O)N2CCOCC2)oc2ccccc12. The Bertz CT molecular complexity index is 1180. The number of aryl methyl sites for hydroxylation is 1. The second kappa shape index (κ2) is 7.49. The zero-order valence-electron chi connectivity index (χ0n) is 15.6. The summed E-state index contributed by atoms with van der Waals surface area (Å²) in [7, 11) is -4.08. The predicted octanol–water partition coefficient (Wildman–Crippen LogP) is 3.15. The summed E-state index contributed by atoms with van der Waals surface area (Å²) < 4.78 is 52.9. The number of halogens is 1. The normalized spacial score (nSPS) is 14.9. The van der Waals surface area contributed by atoms with Crippen molar-refractivity contribution in [1.29, 1.82) is 0 Å². The van der Waals surface area contributed by atoms with Gasteiger partial charge in [0, 0.05) is 18.5 Å². The first-order chi connectivity index (χ1) is 13.9. The zero-order chi connectivity index (χ0) is 20.6. The molecule has 9 heteroatoms. The van der Waals surface area contributed by atoms with E-state index in [0.29, 0.717) is 37.3 Å². The number of rotatable bonds is 4. The Morgan fingerprint density at radius 1 is 1.14 bits per heavy atom. The largest absolute Gasteiger partial charge is 0.449 e. The van der Waals surface area contributed by atoms with Crippen LogP contribution >= 0.6 is 0 Å². The number of sulfonamides is 1. The smallest absolute Gasteiger partial charge is 0.291 e. The summed E-state index contributed by atoms with van der Waals surface area (Å²) in [5, 5.41) is 0.465. The summed E-state index contributed by atoms with van der Waals surface area (Å²) in [6, 6.07) is 10.2. The van der Waals surface area contributed by atoms with Gasteiger partial charge in [-0.15, -0.1) is 0 Å². The number of nitrogens with zero attached hydrogens (tertiary/aromatic N) is 1. The van der Waals surface area contributed by atoms with Crippen molar-refractivity contribution >= 4 is 32.6 Å². The molecule has 0 spiro atoms. The fourth-order valence-electron chi connectivity index (χ4n) is 3.31. The van der Waals surface area contributed by atoms with Gasteiger partial charge in [0.15, 0.2) is 0 Å². The van der Waals surface area contributed by atoms with Gasteiger partial charge in [-0.25, -0.2) is 12.8 Å². The molecule has 1 aliphatic heterocycles. The first-order valence-electron chi connectivity index (χ1n) is 9.04. The lowest BCUT2D eigenvalue weighted by Gasteiger charge is -2.26. The molecule has 0 unspecified atom stereocenters. The first-order valence-corrected chi connectivity index (χ1v) is 10.5. The number of ether oxygens (including phenoxy) is 1. The highest BCUT2D eigenvalue weighted by molar-refractivity contribution is 7.92. The minimum atomic E-state index is -4.08. The summed E-state index contributed by atoms with van der Waals surface area (Å²) in [4.78, 5) is 14.5. The third kappa shape index (κ3) is 3.70.